The van der Waals surface area contributed by atoms with Crippen LogP contribution in [0.25, 0.3) is 0 Å². The lowest BCUT2D eigenvalue weighted by Crippen LogP contribution is -2.11. The van der Waals surface area contributed by atoms with Crippen LogP contribution < -0.4 is 10.5 Å². The van der Waals surface area contributed by atoms with Gasteiger partial charge in [-0.15, -0.1) is 0 Å². The van der Waals surface area contributed by atoms with Gasteiger partial charge in [0.15, 0.2) is 5.78 Å². The van der Waals surface area contributed by atoms with Gasteiger partial charge in [0.05, 0.1) is 0 Å². The lowest BCUT2D eigenvalue weighted by atomic mass is 10.1. The molecule has 0 fully saturated rings. The van der Waals surface area contributed by atoms with Crippen LogP contribution in [0.1, 0.15) is 22.3 Å². The van der Waals surface area contributed by atoms with Gasteiger partial charge in [0, 0.05) is 24.1 Å². The maximum Gasteiger partial charge on any atom is 0.163 e. The highest BCUT2D eigenvalue weighted by atomic mass is 16.5. The van der Waals surface area contributed by atoms with Crippen molar-refractivity contribution in [3.05, 3.63) is 29.3 Å². The Kier molecular flexibility index (Phi) is 2.50. The first-order chi connectivity index (χ1) is 6.83. The first kappa shape index (κ1) is 9.21. The molecule has 2 N–H and O–H groups in total. The minimum absolute atomic E-state index is 0.221. The van der Waals surface area contributed by atoms with Crippen molar-refractivity contribution in [1.29, 1.82) is 0 Å². The van der Waals surface area contributed by atoms with Gasteiger partial charge >= 0.3 is 0 Å². The zero-order valence-corrected chi connectivity index (χ0v) is 7.95. The monoisotopic (exact) mass is 191 g/mol. The predicted octanol–water partition coefficient (Wildman–Crippen LogP) is 1.15. The lowest BCUT2D eigenvalue weighted by Gasteiger charge is -2.08. The van der Waals surface area contributed by atoms with E-state index in [0.717, 1.165) is 23.3 Å². The van der Waals surface area contributed by atoms with Crippen molar-refractivity contribution in [2.45, 2.75) is 12.8 Å². The molecule has 0 bridgehead atoms. The van der Waals surface area contributed by atoms with Gasteiger partial charge in [0.2, 0.25) is 0 Å². The maximum absolute atomic E-state index is 11.4. The zero-order chi connectivity index (χ0) is 9.97. The molecule has 0 atom stereocenters. The summed E-state index contributed by atoms with van der Waals surface area (Å²) in [6.45, 7) is 1.00. The molecular formula is C11H13NO2. The third-order valence-electron chi connectivity index (χ3n) is 2.41. The Hall–Kier alpha value is -1.35. The van der Waals surface area contributed by atoms with Crippen LogP contribution >= 0.6 is 0 Å². The van der Waals surface area contributed by atoms with E-state index in [1.54, 1.807) is 0 Å². The molecule has 0 radical (unpaired) electrons. The minimum Gasteiger partial charge on any atom is -0.492 e. The summed E-state index contributed by atoms with van der Waals surface area (Å²) in [6, 6.07) is 5.61. The van der Waals surface area contributed by atoms with E-state index in [1.807, 2.05) is 18.2 Å². The van der Waals surface area contributed by atoms with Crippen molar-refractivity contribution in [2.75, 3.05) is 13.2 Å². The standard InChI is InChI=1S/C11H13NO2/c12-6-7-14-11-3-1-2-8-9(11)4-5-10(8)13/h1-3H,4-7,12H2. The predicted molar refractivity (Wildman–Crippen MR) is 53.6 cm³/mol. The molecule has 1 aromatic carbocycles. The van der Waals surface area contributed by atoms with Gasteiger partial charge in [0.25, 0.3) is 0 Å². The number of hydrogen-bond acceptors (Lipinski definition) is 3. The third kappa shape index (κ3) is 1.51. The molecule has 0 amide bonds. The van der Waals surface area contributed by atoms with Gasteiger partial charge in [0.1, 0.15) is 12.4 Å². The fraction of sp³-hybridized carbons (Fsp3) is 0.364. The molecule has 0 saturated heterocycles. The summed E-state index contributed by atoms with van der Waals surface area (Å²) in [5.74, 6) is 1.04. The Bertz CT molecular complexity index is 360. The van der Waals surface area contributed by atoms with E-state index in [9.17, 15) is 4.79 Å². The normalized spacial score (nSPS) is 14.2. The van der Waals surface area contributed by atoms with E-state index in [1.165, 1.54) is 0 Å². The summed E-state index contributed by atoms with van der Waals surface area (Å²) in [7, 11) is 0. The highest BCUT2D eigenvalue weighted by molar-refractivity contribution is 6.01. The summed E-state index contributed by atoms with van der Waals surface area (Å²) in [6.07, 6.45) is 1.41. The Labute approximate surface area is 82.9 Å². The fourth-order valence-electron chi connectivity index (χ4n) is 1.76. The molecule has 2 rings (SSSR count). The third-order valence-corrected chi connectivity index (χ3v) is 2.41. The van der Waals surface area contributed by atoms with Crippen molar-refractivity contribution in [3.8, 4) is 5.75 Å². The van der Waals surface area contributed by atoms with Crippen LogP contribution in [0.15, 0.2) is 18.2 Å². The molecule has 3 nitrogen and oxygen atoms in total. The number of rotatable bonds is 3. The van der Waals surface area contributed by atoms with E-state index in [2.05, 4.69) is 0 Å². The number of benzene rings is 1. The molecule has 0 aromatic heterocycles. The number of carbonyl (C=O) groups excluding carboxylic acids is 1. The molecule has 0 heterocycles. The van der Waals surface area contributed by atoms with Crippen LogP contribution in [0.3, 0.4) is 0 Å². The molecule has 0 aliphatic heterocycles. The molecule has 0 unspecified atom stereocenters. The lowest BCUT2D eigenvalue weighted by molar-refractivity contribution is 0.0994. The highest BCUT2D eigenvalue weighted by Crippen LogP contribution is 2.30. The van der Waals surface area contributed by atoms with Crippen molar-refractivity contribution in [2.24, 2.45) is 5.73 Å². The van der Waals surface area contributed by atoms with Crippen LogP contribution in [0.5, 0.6) is 5.75 Å². The molecular weight excluding hydrogens is 178 g/mol. The van der Waals surface area contributed by atoms with Gasteiger partial charge in [-0.1, -0.05) is 12.1 Å². The second kappa shape index (κ2) is 3.80. The number of ether oxygens (including phenoxy) is 1. The Balaban J connectivity index is 2.29. The minimum atomic E-state index is 0.221. The second-order valence-electron chi connectivity index (χ2n) is 3.34. The van der Waals surface area contributed by atoms with Crippen LogP contribution in [0, 0.1) is 0 Å². The quantitative estimate of drug-likeness (QED) is 0.779. The maximum atomic E-state index is 11.4. The van der Waals surface area contributed by atoms with Crippen molar-refractivity contribution >= 4 is 5.78 Å². The summed E-state index contributed by atoms with van der Waals surface area (Å²) >= 11 is 0. The molecule has 14 heavy (non-hydrogen) atoms. The number of hydrogen-bond donors (Lipinski definition) is 1. The van der Waals surface area contributed by atoms with Crippen LogP contribution in [0.2, 0.25) is 0 Å². The largest absolute Gasteiger partial charge is 0.492 e. The van der Waals surface area contributed by atoms with Gasteiger partial charge < -0.3 is 10.5 Å². The van der Waals surface area contributed by atoms with Crippen LogP contribution in [-0.4, -0.2) is 18.9 Å². The second-order valence-corrected chi connectivity index (χ2v) is 3.34. The van der Waals surface area contributed by atoms with Gasteiger partial charge in [-0.3, -0.25) is 4.79 Å². The molecule has 74 valence electrons. The SMILES string of the molecule is NCCOc1cccc2c1CCC2=O. The summed E-state index contributed by atoms with van der Waals surface area (Å²) in [4.78, 5) is 11.4. The molecule has 0 saturated carbocycles. The number of carbonyl (C=O) groups is 1. The average Bonchev–Trinajstić information content (AvgIpc) is 2.58. The van der Waals surface area contributed by atoms with E-state index in [4.69, 9.17) is 10.5 Å². The first-order valence-electron chi connectivity index (χ1n) is 4.81. The number of ketones is 1. The van der Waals surface area contributed by atoms with E-state index in [-0.39, 0.29) is 5.78 Å². The Morgan fingerprint density at radius 3 is 3.00 bits per heavy atom. The van der Waals surface area contributed by atoms with Crippen molar-refractivity contribution < 1.29 is 9.53 Å². The van der Waals surface area contributed by atoms with E-state index >= 15 is 0 Å². The van der Waals surface area contributed by atoms with Crippen LogP contribution in [-0.2, 0) is 6.42 Å². The average molecular weight is 191 g/mol. The van der Waals surface area contributed by atoms with Crippen molar-refractivity contribution in [3.63, 3.8) is 0 Å². The van der Waals surface area contributed by atoms with Gasteiger partial charge in [-0.05, 0) is 12.5 Å². The Morgan fingerprint density at radius 1 is 1.36 bits per heavy atom. The number of fused-ring (bicyclic) bond motifs is 1. The molecule has 1 aliphatic carbocycles. The smallest absolute Gasteiger partial charge is 0.163 e. The number of nitrogens with two attached hydrogens (primary N) is 1. The summed E-state index contributed by atoms with van der Waals surface area (Å²) in [5.41, 5.74) is 7.22. The molecule has 3 heteroatoms. The molecule has 1 aromatic rings. The number of Topliss-reactive ketones (excluding diaryl/α,β-unsaturated/α-hetero) is 1. The highest BCUT2D eigenvalue weighted by Gasteiger charge is 2.22. The first-order valence-corrected chi connectivity index (χ1v) is 4.81. The van der Waals surface area contributed by atoms with Crippen molar-refractivity contribution in [1.82, 2.24) is 0 Å². The fourth-order valence-corrected chi connectivity index (χ4v) is 1.76. The zero-order valence-electron chi connectivity index (χ0n) is 7.95. The summed E-state index contributed by atoms with van der Waals surface area (Å²) in [5, 5.41) is 0. The van der Waals surface area contributed by atoms with E-state index < -0.39 is 0 Å². The van der Waals surface area contributed by atoms with Gasteiger partial charge in [-0.25, -0.2) is 0 Å². The van der Waals surface area contributed by atoms with E-state index in [0.29, 0.717) is 19.6 Å². The molecule has 0 spiro atoms. The van der Waals surface area contributed by atoms with Gasteiger partial charge in [-0.2, -0.15) is 0 Å². The summed E-state index contributed by atoms with van der Waals surface area (Å²) < 4.78 is 5.47. The molecule has 1 aliphatic rings. The Morgan fingerprint density at radius 2 is 2.21 bits per heavy atom. The van der Waals surface area contributed by atoms with Crippen LogP contribution in [0.4, 0.5) is 0 Å². The topological polar surface area (TPSA) is 52.3 Å².